The van der Waals surface area contributed by atoms with Gasteiger partial charge in [0.2, 0.25) is 11.9 Å². The highest BCUT2D eigenvalue weighted by Gasteiger charge is 2.37. The highest BCUT2D eigenvalue weighted by Crippen LogP contribution is 2.37. The molecular formula is C42H46N8O6. The zero-order valence-electron chi connectivity index (χ0n) is 31.9. The Morgan fingerprint density at radius 1 is 0.839 bits per heavy atom. The largest absolute Gasteiger partial charge is 0.453 e. The molecule has 2 aliphatic rings. The molecule has 4 amide bonds. The number of aromatic amines is 2. The van der Waals surface area contributed by atoms with E-state index >= 15 is 0 Å². The lowest BCUT2D eigenvalue weighted by atomic mass is 10.0. The molecule has 0 radical (unpaired) electrons. The van der Waals surface area contributed by atoms with Crippen LogP contribution in [-0.2, 0) is 31.9 Å². The number of carbonyl (C=O) groups excluding carboxylic acids is 4. The summed E-state index contributed by atoms with van der Waals surface area (Å²) in [6.45, 7) is 4.50. The minimum absolute atomic E-state index is 0.145. The molecule has 7 rings (SSSR count). The number of amides is 4. The summed E-state index contributed by atoms with van der Waals surface area (Å²) < 4.78 is 9.52. The van der Waals surface area contributed by atoms with Gasteiger partial charge < -0.3 is 35.0 Å². The quantitative estimate of drug-likeness (QED) is 0.120. The highest BCUT2D eigenvalue weighted by atomic mass is 16.5. The molecule has 0 spiro atoms. The molecule has 0 aliphatic carbocycles. The maximum absolute atomic E-state index is 14.0. The molecule has 5 aromatic rings. The van der Waals surface area contributed by atoms with Crippen LogP contribution in [0.25, 0.3) is 33.6 Å². The van der Waals surface area contributed by atoms with Crippen molar-refractivity contribution in [3.05, 3.63) is 96.1 Å². The maximum Gasteiger partial charge on any atom is 0.407 e. The van der Waals surface area contributed by atoms with Gasteiger partial charge in [-0.3, -0.25) is 9.59 Å². The first-order valence-corrected chi connectivity index (χ1v) is 19.0. The average Bonchev–Trinajstić information content (AvgIpc) is 4.02. The van der Waals surface area contributed by atoms with Gasteiger partial charge in [-0.1, -0.05) is 80.6 Å². The minimum Gasteiger partial charge on any atom is -0.453 e. The minimum atomic E-state index is -0.778. The molecule has 14 nitrogen and oxygen atoms in total. The number of benzene rings is 3. The molecule has 290 valence electrons. The van der Waals surface area contributed by atoms with E-state index in [1.807, 2.05) is 61.5 Å². The Morgan fingerprint density at radius 3 is 2.12 bits per heavy atom. The third-order valence-corrected chi connectivity index (χ3v) is 10.6. The van der Waals surface area contributed by atoms with Gasteiger partial charge in [0, 0.05) is 6.54 Å². The van der Waals surface area contributed by atoms with E-state index in [4.69, 9.17) is 9.47 Å². The fourth-order valence-corrected chi connectivity index (χ4v) is 7.62. The monoisotopic (exact) mass is 758 g/mol. The number of ether oxygens (including phenoxy) is 2. The van der Waals surface area contributed by atoms with Crippen molar-refractivity contribution in [2.45, 2.75) is 70.5 Å². The van der Waals surface area contributed by atoms with Crippen LogP contribution >= 0.6 is 0 Å². The van der Waals surface area contributed by atoms with E-state index in [0.717, 1.165) is 69.7 Å². The van der Waals surface area contributed by atoms with Crippen LogP contribution < -0.4 is 15.5 Å². The van der Waals surface area contributed by atoms with E-state index in [2.05, 4.69) is 49.6 Å². The zero-order chi connectivity index (χ0) is 39.3. The number of imidazole rings is 2. The van der Waals surface area contributed by atoms with Crippen LogP contribution in [-0.4, -0.2) is 81.7 Å². The number of aromatic nitrogens is 4. The number of aryl methyl sites for hydroxylation is 2. The molecule has 2 aromatic heterocycles. The molecule has 4 heterocycles. The third-order valence-electron chi connectivity index (χ3n) is 10.6. The Hall–Kier alpha value is -6.44. The van der Waals surface area contributed by atoms with Crippen LogP contribution in [0.1, 0.15) is 62.5 Å². The molecule has 1 saturated heterocycles. The predicted octanol–water partition coefficient (Wildman–Crippen LogP) is 6.83. The number of nitrogens with one attached hydrogen (secondary N) is 4. The first-order chi connectivity index (χ1) is 27.2. The Labute approximate surface area is 325 Å². The first-order valence-electron chi connectivity index (χ1n) is 19.0. The van der Waals surface area contributed by atoms with Crippen molar-refractivity contribution in [1.29, 1.82) is 0 Å². The molecule has 1 fully saturated rings. The van der Waals surface area contributed by atoms with Crippen molar-refractivity contribution in [3.8, 4) is 33.6 Å². The molecule has 2 aliphatic heterocycles. The Morgan fingerprint density at radius 2 is 1.48 bits per heavy atom. The van der Waals surface area contributed by atoms with Crippen LogP contribution in [0, 0.1) is 0 Å². The van der Waals surface area contributed by atoms with Gasteiger partial charge >= 0.3 is 12.2 Å². The Kier molecular flexibility index (Phi) is 11.2. The average molecular weight is 759 g/mol. The van der Waals surface area contributed by atoms with Gasteiger partial charge in [0.1, 0.15) is 17.9 Å². The number of nitrogens with zero attached hydrogens (tertiary/aromatic N) is 4. The first kappa shape index (κ1) is 37.9. The van der Waals surface area contributed by atoms with Crippen LogP contribution in [0.2, 0.25) is 0 Å². The van der Waals surface area contributed by atoms with Crippen LogP contribution in [0.15, 0.2) is 79.1 Å². The summed E-state index contributed by atoms with van der Waals surface area (Å²) in [4.78, 5) is 70.8. The van der Waals surface area contributed by atoms with Crippen molar-refractivity contribution >= 4 is 35.6 Å². The summed E-state index contributed by atoms with van der Waals surface area (Å²) >= 11 is 0. The summed E-state index contributed by atoms with van der Waals surface area (Å²) in [5.74, 6) is 0.661. The summed E-state index contributed by atoms with van der Waals surface area (Å²) in [6, 6.07) is 20.7. The second kappa shape index (κ2) is 16.5. The number of carbonyl (C=O) groups is 4. The normalized spacial score (nSPS) is 17.2. The molecule has 3 atom stereocenters. The van der Waals surface area contributed by atoms with E-state index < -0.39 is 24.3 Å². The Bertz CT molecular complexity index is 2210. The summed E-state index contributed by atoms with van der Waals surface area (Å²) in [5.41, 5.74) is 8.33. The van der Waals surface area contributed by atoms with Gasteiger partial charge in [-0.2, -0.15) is 0 Å². The number of para-hydroxylation sites is 1. The zero-order valence-corrected chi connectivity index (χ0v) is 31.9. The molecular weight excluding hydrogens is 713 g/mol. The fourth-order valence-electron chi connectivity index (χ4n) is 7.62. The van der Waals surface area contributed by atoms with Crippen LogP contribution in [0.3, 0.4) is 0 Å². The number of hydrogen-bond acceptors (Lipinski definition) is 8. The van der Waals surface area contributed by atoms with E-state index in [1.54, 1.807) is 22.2 Å². The number of methoxy groups -OCH3 is 2. The third kappa shape index (κ3) is 7.59. The van der Waals surface area contributed by atoms with Crippen molar-refractivity contribution in [2.75, 3.05) is 25.7 Å². The molecule has 14 heteroatoms. The second-order valence-corrected chi connectivity index (χ2v) is 13.9. The second-order valence-electron chi connectivity index (χ2n) is 13.9. The SMILES string of the molecule is CCc1cccc2c1N(c1ncc(-c3ccc(-c4ccc(-c5cnc([C@@H]6CCCN6C(=O)[C@H](CC)NC(=O)OC)[nH]5)cc4)cc3)[nH]1)C(=O)[C@@H](NC(=O)OC)CC2. The van der Waals surface area contributed by atoms with Crippen molar-refractivity contribution in [3.63, 3.8) is 0 Å². The number of fused-ring (bicyclic) bond motifs is 1. The molecule has 56 heavy (non-hydrogen) atoms. The summed E-state index contributed by atoms with van der Waals surface area (Å²) in [7, 11) is 2.56. The number of rotatable bonds is 10. The maximum atomic E-state index is 14.0. The van der Waals surface area contributed by atoms with Crippen molar-refractivity contribution in [1.82, 2.24) is 35.5 Å². The smallest absolute Gasteiger partial charge is 0.407 e. The number of H-pyrrole nitrogens is 2. The molecule has 0 unspecified atom stereocenters. The summed E-state index contributed by atoms with van der Waals surface area (Å²) in [5, 5.41) is 5.35. The topological polar surface area (TPSA) is 175 Å². The highest BCUT2D eigenvalue weighted by molar-refractivity contribution is 6.05. The lowest BCUT2D eigenvalue weighted by Crippen LogP contribution is -2.48. The van der Waals surface area contributed by atoms with E-state index in [-0.39, 0.29) is 17.9 Å². The number of alkyl carbamates (subject to hydrolysis) is 2. The molecule has 0 bridgehead atoms. The van der Waals surface area contributed by atoms with E-state index in [9.17, 15) is 19.2 Å². The fraction of sp³-hybridized carbons (Fsp3) is 0.333. The summed E-state index contributed by atoms with van der Waals surface area (Å²) in [6.07, 6.45) is 6.07. The van der Waals surface area contributed by atoms with E-state index in [1.165, 1.54) is 14.2 Å². The predicted molar refractivity (Wildman–Crippen MR) is 211 cm³/mol. The van der Waals surface area contributed by atoms with Gasteiger partial charge in [0.15, 0.2) is 0 Å². The van der Waals surface area contributed by atoms with Gasteiger partial charge in [0.05, 0.1) is 49.7 Å². The number of hydrogen-bond donors (Lipinski definition) is 4. The van der Waals surface area contributed by atoms with Gasteiger partial charge in [-0.15, -0.1) is 0 Å². The molecule has 0 saturated carbocycles. The lowest BCUT2D eigenvalue weighted by Gasteiger charge is -2.27. The standard InChI is InChI=1S/C42H46N8O6/c1-5-25-9-7-10-30-20-21-32(48-42(54)56-4)39(52)50(36(25)30)40-44-24-34(46-40)29-18-14-27(15-19-29)26-12-16-28(17-13-26)33-23-43-37(45-33)35-11-8-22-49(35)38(51)31(6-2)47-41(53)55-3/h7,9-10,12-19,23-24,31-32,35H,5-6,8,11,20-22H2,1-4H3,(H,43,45)(H,44,46)(H,47,53)(H,48,54)/t31-,32-,35-/m0/s1. The van der Waals surface area contributed by atoms with Crippen LogP contribution in [0.5, 0.6) is 0 Å². The van der Waals surface area contributed by atoms with Crippen molar-refractivity contribution in [2.24, 2.45) is 0 Å². The van der Waals surface area contributed by atoms with Crippen molar-refractivity contribution < 1.29 is 28.7 Å². The van der Waals surface area contributed by atoms with E-state index in [0.29, 0.717) is 37.6 Å². The molecule has 3 aromatic carbocycles. The van der Waals surface area contributed by atoms with Crippen LogP contribution in [0.4, 0.5) is 21.2 Å². The lowest BCUT2D eigenvalue weighted by molar-refractivity contribution is -0.134. The molecule has 4 N–H and O–H groups in total. The Balaban J connectivity index is 1.06. The number of anilines is 2. The van der Waals surface area contributed by atoms with Gasteiger partial charge in [0.25, 0.3) is 5.91 Å². The van der Waals surface area contributed by atoms with Gasteiger partial charge in [-0.25, -0.2) is 24.5 Å². The number of likely N-dealkylation sites (tertiary alicyclic amines) is 1. The van der Waals surface area contributed by atoms with Gasteiger partial charge in [-0.05, 0) is 71.9 Å².